The van der Waals surface area contributed by atoms with Gasteiger partial charge in [0.2, 0.25) is 0 Å². The van der Waals surface area contributed by atoms with E-state index in [2.05, 4.69) is 0 Å². The van der Waals surface area contributed by atoms with E-state index in [-0.39, 0.29) is 18.9 Å². The van der Waals surface area contributed by atoms with Gasteiger partial charge in [0.15, 0.2) is 0 Å². The summed E-state index contributed by atoms with van der Waals surface area (Å²) in [5, 5.41) is 0. The van der Waals surface area contributed by atoms with E-state index in [4.69, 9.17) is 0 Å². The second-order valence-corrected chi connectivity index (χ2v) is 0.962. The molecule has 0 heterocycles. The first-order chi connectivity index (χ1) is 2.50. The predicted octanol–water partition coefficient (Wildman–Crippen LogP) is -1.59. The van der Waals surface area contributed by atoms with E-state index in [0.29, 0.717) is 0 Å². The van der Waals surface area contributed by atoms with Crippen LogP contribution in [0.2, 0.25) is 0 Å². The zero-order valence-electron chi connectivity index (χ0n) is 3.89. The van der Waals surface area contributed by atoms with Gasteiger partial charge >= 0.3 is 18.9 Å². The van der Waals surface area contributed by atoms with Crippen molar-refractivity contribution < 1.29 is 18.9 Å². The van der Waals surface area contributed by atoms with Gasteiger partial charge in [-0.2, -0.15) is 18.2 Å². The third kappa shape index (κ3) is 1.40. The maximum absolute atomic E-state index is 2.00. The van der Waals surface area contributed by atoms with E-state index in [1.165, 1.54) is 0 Å². The molecule has 0 unspecified atom stereocenters. The Morgan fingerprint density at radius 3 is 1.67 bits per heavy atom. The summed E-state index contributed by atoms with van der Waals surface area (Å²) in [6.07, 6.45) is 0. The van der Waals surface area contributed by atoms with Crippen LogP contribution in [0.5, 0.6) is 0 Å². The molecule has 0 saturated heterocycles. The average molecular weight is 72.0 g/mol. The number of hydrogen-bond donors (Lipinski definition) is 0. The second kappa shape index (κ2) is 3.15. The molecule has 0 amide bonds. The minimum absolute atomic E-state index is 0. The summed E-state index contributed by atoms with van der Waals surface area (Å²) in [7, 11) is 0. The van der Waals surface area contributed by atoms with E-state index < -0.39 is 0 Å². The summed E-state index contributed by atoms with van der Waals surface area (Å²) in [5.74, 6) is 0. The molecule has 0 aliphatic heterocycles. The Morgan fingerprint density at radius 1 is 1.00 bits per heavy atom. The standard InChI is InChI=1S/C5H5.Li/c1-2-4-5-3-1;/h1-5H;/q-1;+1. The summed E-state index contributed by atoms with van der Waals surface area (Å²) in [4.78, 5) is 0. The molecule has 1 heteroatoms. The van der Waals surface area contributed by atoms with Gasteiger partial charge in [0, 0.05) is 0 Å². The van der Waals surface area contributed by atoms with Crippen molar-refractivity contribution in [2.45, 2.75) is 0 Å². The van der Waals surface area contributed by atoms with Crippen molar-refractivity contribution in [2.75, 3.05) is 0 Å². The molecule has 0 bridgehead atoms. The zero-order valence-corrected chi connectivity index (χ0v) is 3.89. The third-order valence-corrected chi connectivity index (χ3v) is 0.556. The first-order valence-corrected chi connectivity index (χ1v) is 1.67. The molecule has 1 aromatic rings. The quantitative estimate of drug-likeness (QED) is 0.256. The zero-order chi connectivity index (χ0) is 3.54. The van der Waals surface area contributed by atoms with Gasteiger partial charge in [-0.3, -0.25) is 0 Å². The van der Waals surface area contributed by atoms with Crippen molar-refractivity contribution in [2.24, 2.45) is 0 Å². The SMILES string of the molecule is [Li+].c1cc[cH-]c1. The maximum Gasteiger partial charge on any atom is 1.00 e. The van der Waals surface area contributed by atoms with Crippen LogP contribution in [-0.4, -0.2) is 0 Å². The molecule has 0 saturated carbocycles. The molecule has 0 aromatic heterocycles. The molecule has 0 nitrogen and oxygen atoms in total. The van der Waals surface area contributed by atoms with Crippen molar-refractivity contribution in [3.05, 3.63) is 30.3 Å². The van der Waals surface area contributed by atoms with Crippen LogP contribution in [0.25, 0.3) is 0 Å². The van der Waals surface area contributed by atoms with Gasteiger partial charge in [0.25, 0.3) is 0 Å². The van der Waals surface area contributed by atoms with Crippen LogP contribution in [0, 0.1) is 0 Å². The molecule has 0 N–H and O–H groups in total. The molecular formula is C5H5Li. The molecule has 0 radical (unpaired) electrons. The van der Waals surface area contributed by atoms with Crippen molar-refractivity contribution in [1.82, 2.24) is 0 Å². The van der Waals surface area contributed by atoms with Crippen LogP contribution >= 0.6 is 0 Å². The first-order valence-electron chi connectivity index (χ1n) is 1.67. The molecule has 26 valence electrons. The van der Waals surface area contributed by atoms with E-state index in [0.717, 1.165) is 0 Å². The van der Waals surface area contributed by atoms with Gasteiger partial charge in [-0.25, -0.2) is 12.1 Å². The largest absolute Gasteiger partial charge is 1.00 e. The molecule has 1 rings (SSSR count). The van der Waals surface area contributed by atoms with Gasteiger partial charge in [-0.05, 0) is 0 Å². The normalized spacial score (nSPS) is 6.67. The number of rotatable bonds is 0. The summed E-state index contributed by atoms with van der Waals surface area (Å²) >= 11 is 0. The molecule has 0 aliphatic rings. The monoisotopic (exact) mass is 72.1 g/mol. The minimum Gasteiger partial charge on any atom is -0.214 e. The van der Waals surface area contributed by atoms with Crippen molar-refractivity contribution in [3.8, 4) is 0 Å². The fourth-order valence-electron chi connectivity index (χ4n) is 0.321. The predicted molar refractivity (Wildman–Crippen MR) is 22.0 cm³/mol. The van der Waals surface area contributed by atoms with Crippen molar-refractivity contribution in [1.29, 1.82) is 0 Å². The van der Waals surface area contributed by atoms with Gasteiger partial charge in [0.1, 0.15) is 0 Å². The Hall–Kier alpha value is -0.0526. The Balaban J connectivity index is 0.000000250. The summed E-state index contributed by atoms with van der Waals surface area (Å²) in [5.41, 5.74) is 0. The van der Waals surface area contributed by atoms with Gasteiger partial charge in [-0.1, -0.05) is 0 Å². The Kier molecular flexibility index (Phi) is 3.12. The fourth-order valence-corrected chi connectivity index (χ4v) is 0.321. The van der Waals surface area contributed by atoms with Crippen LogP contribution in [0.3, 0.4) is 0 Å². The molecule has 0 atom stereocenters. The summed E-state index contributed by atoms with van der Waals surface area (Å²) < 4.78 is 0. The molecule has 1 aromatic carbocycles. The van der Waals surface area contributed by atoms with E-state index in [1.807, 2.05) is 30.3 Å². The minimum atomic E-state index is 0. The first kappa shape index (κ1) is 5.95. The van der Waals surface area contributed by atoms with Crippen molar-refractivity contribution >= 4 is 0 Å². The van der Waals surface area contributed by atoms with Crippen LogP contribution in [0.4, 0.5) is 0 Å². The Morgan fingerprint density at radius 2 is 1.50 bits per heavy atom. The average Bonchev–Trinajstić information content (AvgIpc) is 1.76. The Labute approximate surface area is 49.7 Å². The van der Waals surface area contributed by atoms with Crippen LogP contribution in [-0.2, 0) is 0 Å². The fraction of sp³-hybridized carbons (Fsp3) is 0. The smallest absolute Gasteiger partial charge is 0.214 e. The summed E-state index contributed by atoms with van der Waals surface area (Å²) in [6.45, 7) is 0. The van der Waals surface area contributed by atoms with Gasteiger partial charge in [-0.15, -0.1) is 0 Å². The van der Waals surface area contributed by atoms with Gasteiger partial charge < -0.3 is 0 Å². The molecular weight excluding hydrogens is 67.0 g/mol. The number of hydrogen-bond acceptors (Lipinski definition) is 0. The van der Waals surface area contributed by atoms with E-state index >= 15 is 0 Å². The van der Waals surface area contributed by atoms with E-state index in [1.54, 1.807) is 0 Å². The molecule has 0 fully saturated rings. The second-order valence-electron chi connectivity index (χ2n) is 0.962. The summed E-state index contributed by atoms with van der Waals surface area (Å²) in [6, 6.07) is 10.0. The third-order valence-electron chi connectivity index (χ3n) is 0.556. The molecule has 0 aliphatic carbocycles. The van der Waals surface area contributed by atoms with Crippen LogP contribution in [0.15, 0.2) is 30.3 Å². The van der Waals surface area contributed by atoms with Gasteiger partial charge in [0.05, 0.1) is 0 Å². The Bertz CT molecular complexity index is 60.4. The van der Waals surface area contributed by atoms with Crippen LogP contribution in [0.1, 0.15) is 0 Å². The molecule has 6 heavy (non-hydrogen) atoms. The van der Waals surface area contributed by atoms with E-state index in [9.17, 15) is 0 Å². The van der Waals surface area contributed by atoms with Crippen LogP contribution < -0.4 is 18.9 Å². The molecule has 0 spiro atoms. The van der Waals surface area contributed by atoms with Crippen molar-refractivity contribution in [3.63, 3.8) is 0 Å². The topological polar surface area (TPSA) is 0 Å². The maximum atomic E-state index is 2.00.